The van der Waals surface area contributed by atoms with Gasteiger partial charge < -0.3 is 15.7 Å². The van der Waals surface area contributed by atoms with E-state index < -0.39 is 11.9 Å². The van der Waals surface area contributed by atoms with Crippen LogP contribution in [0, 0.1) is 5.92 Å². The van der Waals surface area contributed by atoms with Gasteiger partial charge in [0.05, 0.1) is 5.92 Å². The molecule has 0 aliphatic carbocycles. The third-order valence-electron chi connectivity index (χ3n) is 3.06. The van der Waals surface area contributed by atoms with Crippen molar-refractivity contribution in [2.45, 2.75) is 13.0 Å². The molecule has 0 bridgehead atoms. The number of amides is 1. The lowest BCUT2D eigenvalue weighted by molar-refractivity contribution is -0.141. The fourth-order valence-electron chi connectivity index (χ4n) is 2.11. The number of nitrogens with two attached hydrogens (primary N) is 1. The topological polar surface area (TPSA) is 83.6 Å². The Bertz CT molecular complexity index is 504. The van der Waals surface area contributed by atoms with Crippen LogP contribution >= 0.6 is 15.9 Å². The maximum atomic E-state index is 11.9. The molecule has 2 rings (SSSR count). The summed E-state index contributed by atoms with van der Waals surface area (Å²) >= 11 is 3.38. The van der Waals surface area contributed by atoms with E-state index in [0.717, 1.165) is 10.0 Å². The van der Waals surface area contributed by atoms with Crippen LogP contribution in [-0.2, 0) is 16.1 Å². The van der Waals surface area contributed by atoms with Crippen molar-refractivity contribution in [3.05, 3.63) is 28.2 Å². The predicted octanol–water partition coefficient (Wildman–Crippen LogP) is 1.35. The number of carboxylic acids is 1. The van der Waals surface area contributed by atoms with E-state index in [9.17, 15) is 9.59 Å². The van der Waals surface area contributed by atoms with Crippen molar-refractivity contribution in [1.29, 1.82) is 0 Å². The van der Waals surface area contributed by atoms with Crippen LogP contribution < -0.4 is 10.6 Å². The van der Waals surface area contributed by atoms with Gasteiger partial charge in [0, 0.05) is 35.2 Å². The molecule has 1 fully saturated rings. The van der Waals surface area contributed by atoms with Crippen LogP contribution in [0.25, 0.3) is 0 Å². The summed E-state index contributed by atoms with van der Waals surface area (Å²) in [5, 5.41) is 8.96. The normalized spacial score (nSPS) is 19.3. The van der Waals surface area contributed by atoms with Gasteiger partial charge in [-0.1, -0.05) is 22.0 Å². The number of carbonyl (C=O) groups is 2. The van der Waals surface area contributed by atoms with Crippen molar-refractivity contribution in [3.63, 3.8) is 0 Å². The average molecular weight is 313 g/mol. The van der Waals surface area contributed by atoms with Crippen LogP contribution in [0.5, 0.6) is 0 Å². The lowest BCUT2D eigenvalue weighted by Gasteiger charge is -2.20. The Morgan fingerprint density at radius 1 is 1.56 bits per heavy atom. The number of carbonyl (C=O) groups excluding carboxylic acids is 1. The summed E-state index contributed by atoms with van der Waals surface area (Å²) in [6, 6.07) is 5.44. The van der Waals surface area contributed by atoms with E-state index in [2.05, 4.69) is 15.9 Å². The molecule has 0 aromatic heterocycles. The van der Waals surface area contributed by atoms with Crippen LogP contribution in [-0.4, -0.2) is 23.5 Å². The minimum Gasteiger partial charge on any atom is -0.481 e. The fraction of sp³-hybridized carbons (Fsp3) is 0.333. The van der Waals surface area contributed by atoms with Crippen molar-refractivity contribution < 1.29 is 14.7 Å². The van der Waals surface area contributed by atoms with Crippen LogP contribution in [0.15, 0.2) is 22.7 Å². The standard InChI is InChI=1S/C12H13BrN2O3/c13-9-2-1-3-10(8(9)5-14)15-6-7(12(17)18)4-11(15)16/h1-3,7H,4-6,14H2,(H,17,18). The van der Waals surface area contributed by atoms with Gasteiger partial charge >= 0.3 is 5.97 Å². The zero-order valence-electron chi connectivity index (χ0n) is 9.60. The highest BCUT2D eigenvalue weighted by Crippen LogP contribution is 2.32. The second-order valence-corrected chi connectivity index (χ2v) is 5.04. The average Bonchev–Trinajstić information content (AvgIpc) is 2.71. The summed E-state index contributed by atoms with van der Waals surface area (Å²) in [5.41, 5.74) is 7.19. The fourth-order valence-corrected chi connectivity index (χ4v) is 2.63. The first-order chi connectivity index (χ1) is 8.54. The van der Waals surface area contributed by atoms with Gasteiger partial charge in [-0.3, -0.25) is 9.59 Å². The van der Waals surface area contributed by atoms with Gasteiger partial charge in [0.15, 0.2) is 0 Å². The molecular weight excluding hydrogens is 300 g/mol. The molecule has 1 aliphatic rings. The van der Waals surface area contributed by atoms with E-state index in [4.69, 9.17) is 10.8 Å². The largest absolute Gasteiger partial charge is 0.481 e. The van der Waals surface area contributed by atoms with Crippen molar-refractivity contribution in [3.8, 4) is 0 Å². The Kier molecular flexibility index (Phi) is 3.68. The molecule has 3 N–H and O–H groups in total. The van der Waals surface area contributed by atoms with E-state index >= 15 is 0 Å². The summed E-state index contributed by atoms with van der Waals surface area (Å²) in [4.78, 5) is 24.3. The number of hydrogen-bond donors (Lipinski definition) is 2. The second-order valence-electron chi connectivity index (χ2n) is 4.19. The van der Waals surface area contributed by atoms with Crippen molar-refractivity contribution >= 4 is 33.5 Å². The first-order valence-electron chi connectivity index (χ1n) is 5.55. The van der Waals surface area contributed by atoms with Gasteiger partial charge in [-0.25, -0.2) is 0 Å². The first kappa shape index (κ1) is 13.0. The number of carboxylic acid groups (broad SMARTS) is 1. The Morgan fingerprint density at radius 3 is 2.83 bits per heavy atom. The lowest BCUT2D eigenvalue weighted by atomic mass is 10.1. The van der Waals surface area contributed by atoms with Crippen LogP contribution in [0.4, 0.5) is 5.69 Å². The Labute approximate surface area is 113 Å². The molecule has 5 nitrogen and oxygen atoms in total. The van der Waals surface area contributed by atoms with E-state index in [1.165, 1.54) is 4.90 Å². The SMILES string of the molecule is NCc1c(Br)cccc1N1CC(C(=O)O)CC1=O. The molecule has 1 unspecified atom stereocenters. The molecule has 0 radical (unpaired) electrons. The van der Waals surface area contributed by atoms with Gasteiger partial charge in [0.1, 0.15) is 0 Å². The zero-order chi connectivity index (χ0) is 13.3. The minimum atomic E-state index is -0.935. The summed E-state index contributed by atoms with van der Waals surface area (Å²) in [5.74, 6) is -1.74. The molecule has 0 spiro atoms. The number of anilines is 1. The second kappa shape index (κ2) is 5.07. The zero-order valence-corrected chi connectivity index (χ0v) is 11.2. The minimum absolute atomic E-state index is 0.0475. The maximum absolute atomic E-state index is 11.9. The Morgan fingerprint density at radius 2 is 2.28 bits per heavy atom. The predicted molar refractivity (Wildman–Crippen MR) is 70.1 cm³/mol. The molecule has 1 aromatic carbocycles. The summed E-state index contributed by atoms with van der Waals surface area (Å²) in [7, 11) is 0. The number of aliphatic carboxylic acids is 1. The molecule has 1 aromatic rings. The van der Waals surface area contributed by atoms with Crippen molar-refractivity contribution in [2.24, 2.45) is 11.7 Å². The third kappa shape index (κ3) is 2.26. The van der Waals surface area contributed by atoms with Gasteiger partial charge in [0.2, 0.25) is 5.91 Å². The van der Waals surface area contributed by atoms with Crippen molar-refractivity contribution in [2.75, 3.05) is 11.4 Å². The van der Waals surface area contributed by atoms with Crippen molar-refractivity contribution in [1.82, 2.24) is 0 Å². The molecule has 1 amide bonds. The monoisotopic (exact) mass is 312 g/mol. The molecule has 1 atom stereocenters. The number of hydrogen-bond acceptors (Lipinski definition) is 3. The highest BCUT2D eigenvalue weighted by Gasteiger charge is 2.35. The van der Waals surface area contributed by atoms with Gasteiger partial charge in [-0.15, -0.1) is 0 Å². The first-order valence-corrected chi connectivity index (χ1v) is 6.34. The summed E-state index contributed by atoms with van der Waals surface area (Å²) in [6.45, 7) is 0.496. The molecule has 1 saturated heterocycles. The highest BCUT2D eigenvalue weighted by molar-refractivity contribution is 9.10. The van der Waals surface area contributed by atoms with E-state index in [1.807, 2.05) is 6.07 Å². The van der Waals surface area contributed by atoms with E-state index in [1.54, 1.807) is 12.1 Å². The molecule has 96 valence electrons. The molecular formula is C12H13BrN2O3. The van der Waals surface area contributed by atoms with E-state index in [-0.39, 0.29) is 25.4 Å². The smallest absolute Gasteiger partial charge is 0.308 e. The number of benzene rings is 1. The van der Waals surface area contributed by atoms with Crippen LogP contribution in [0.1, 0.15) is 12.0 Å². The summed E-state index contributed by atoms with van der Waals surface area (Å²) in [6.07, 6.45) is 0.0475. The van der Waals surface area contributed by atoms with Crippen LogP contribution in [0.3, 0.4) is 0 Å². The number of rotatable bonds is 3. The Balaban J connectivity index is 2.35. The molecule has 18 heavy (non-hydrogen) atoms. The van der Waals surface area contributed by atoms with Gasteiger partial charge in [-0.2, -0.15) is 0 Å². The summed E-state index contributed by atoms with van der Waals surface area (Å²) < 4.78 is 0.828. The lowest BCUT2D eigenvalue weighted by Crippen LogP contribution is -2.27. The third-order valence-corrected chi connectivity index (χ3v) is 3.81. The number of halogens is 1. The van der Waals surface area contributed by atoms with E-state index in [0.29, 0.717) is 5.69 Å². The quantitative estimate of drug-likeness (QED) is 0.882. The van der Waals surface area contributed by atoms with Gasteiger partial charge in [0.25, 0.3) is 0 Å². The van der Waals surface area contributed by atoms with Gasteiger partial charge in [-0.05, 0) is 12.1 Å². The molecule has 0 saturated carbocycles. The molecule has 6 heteroatoms. The highest BCUT2D eigenvalue weighted by atomic mass is 79.9. The molecule has 1 heterocycles. The van der Waals surface area contributed by atoms with Crippen LogP contribution in [0.2, 0.25) is 0 Å². The number of nitrogens with zero attached hydrogens (tertiary/aromatic N) is 1. The Hall–Kier alpha value is -1.40. The maximum Gasteiger partial charge on any atom is 0.308 e. The molecule has 1 aliphatic heterocycles.